The molecule has 184 valence electrons. The van der Waals surface area contributed by atoms with E-state index in [4.69, 9.17) is 0 Å². The predicted molar refractivity (Wildman–Crippen MR) is 136 cm³/mol. The minimum atomic E-state index is -3.67. The van der Waals surface area contributed by atoms with Crippen LogP contribution < -0.4 is 5.32 Å². The van der Waals surface area contributed by atoms with E-state index in [1.165, 1.54) is 4.31 Å². The zero-order valence-electron chi connectivity index (χ0n) is 20.1. The summed E-state index contributed by atoms with van der Waals surface area (Å²) in [6, 6.07) is 21.5. The minimum absolute atomic E-state index is 0.0958. The standard InChI is InChI=1S/C27H31N3O4S/c1-20(2)26(28-25(31)18-21-8-4-3-5-9-21)27(32)29-14-16-30(17-15-29)35(33,34)24-13-12-22-10-6-7-11-23(22)19-24/h3-13,19-20,26H,14-18H2,1-2H3,(H,28,31)/t26-/m0/s1. The van der Waals surface area contributed by atoms with E-state index in [9.17, 15) is 18.0 Å². The third-order valence-electron chi connectivity index (χ3n) is 6.37. The first-order valence-corrected chi connectivity index (χ1v) is 13.3. The number of nitrogens with one attached hydrogen (secondary N) is 1. The predicted octanol–water partition coefficient (Wildman–Crippen LogP) is 3.06. The molecule has 1 fully saturated rings. The lowest BCUT2D eigenvalue weighted by Gasteiger charge is -2.36. The highest BCUT2D eigenvalue weighted by atomic mass is 32.2. The molecule has 7 nitrogen and oxygen atoms in total. The van der Waals surface area contributed by atoms with Gasteiger partial charge in [0.2, 0.25) is 21.8 Å². The van der Waals surface area contributed by atoms with E-state index < -0.39 is 16.1 Å². The van der Waals surface area contributed by atoms with E-state index in [2.05, 4.69) is 5.32 Å². The van der Waals surface area contributed by atoms with Gasteiger partial charge < -0.3 is 10.2 Å². The SMILES string of the molecule is CC(C)[C@H](NC(=O)Cc1ccccc1)C(=O)N1CCN(S(=O)(=O)c2ccc3ccccc3c2)CC1. The summed E-state index contributed by atoms with van der Waals surface area (Å²) in [5.74, 6) is -0.480. The molecular formula is C27H31N3O4S. The molecule has 35 heavy (non-hydrogen) atoms. The molecule has 3 aromatic rings. The first-order valence-electron chi connectivity index (χ1n) is 11.9. The monoisotopic (exact) mass is 493 g/mol. The van der Waals surface area contributed by atoms with Crippen molar-refractivity contribution in [2.24, 2.45) is 5.92 Å². The molecule has 3 aromatic carbocycles. The average molecular weight is 494 g/mol. The fourth-order valence-electron chi connectivity index (χ4n) is 4.34. The number of sulfonamides is 1. The topological polar surface area (TPSA) is 86.8 Å². The molecular weight excluding hydrogens is 462 g/mol. The van der Waals surface area contributed by atoms with E-state index in [-0.39, 0.29) is 55.2 Å². The summed E-state index contributed by atoms with van der Waals surface area (Å²) < 4.78 is 27.9. The number of hydrogen-bond donors (Lipinski definition) is 1. The number of nitrogens with zero attached hydrogens (tertiary/aromatic N) is 2. The Morgan fingerprint density at radius 2 is 1.49 bits per heavy atom. The highest BCUT2D eigenvalue weighted by Crippen LogP contribution is 2.23. The summed E-state index contributed by atoms with van der Waals surface area (Å²) in [6.45, 7) is 4.78. The summed E-state index contributed by atoms with van der Waals surface area (Å²) in [5, 5.41) is 4.74. The van der Waals surface area contributed by atoms with Gasteiger partial charge in [0.05, 0.1) is 11.3 Å². The van der Waals surface area contributed by atoms with Crippen LogP contribution in [-0.4, -0.2) is 61.7 Å². The average Bonchev–Trinajstić information content (AvgIpc) is 2.87. The highest BCUT2D eigenvalue weighted by Gasteiger charge is 2.34. The molecule has 0 saturated carbocycles. The number of hydrogen-bond acceptors (Lipinski definition) is 4. The lowest BCUT2D eigenvalue weighted by molar-refractivity contribution is -0.138. The van der Waals surface area contributed by atoms with Crippen molar-refractivity contribution in [3.8, 4) is 0 Å². The first kappa shape index (κ1) is 24.9. The highest BCUT2D eigenvalue weighted by molar-refractivity contribution is 7.89. The lowest BCUT2D eigenvalue weighted by Crippen LogP contribution is -2.57. The van der Waals surface area contributed by atoms with Gasteiger partial charge >= 0.3 is 0 Å². The molecule has 1 N–H and O–H groups in total. The van der Waals surface area contributed by atoms with Crippen molar-refractivity contribution in [2.75, 3.05) is 26.2 Å². The molecule has 1 atom stereocenters. The molecule has 0 aliphatic carbocycles. The van der Waals surface area contributed by atoms with Crippen LogP contribution in [0.15, 0.2) is 77.7 Å². The number of carbonyl (C=O) groups excluding carboxylic acids is 2. The van der Waals surface area contributed by atoms with E-state index in [1.54, 1.807) is 17.0 Å². The zero-order chi connectivity index (χ0) is 25.0. The molecule has 0 bridgehead atoms. The normalized spacial score (nSPS) is 15.8. The fourth-order valence-corrected chi connectivity index (χ4v) is 5.80. The maximum atomic E-state index is 13.2. The van der Waals surface area contributed by atoms with Crippen LogP contribution >= 0.6 is 0 Å². The lowest BCUT2D eigenvalue weighted by atomic mass is 10.0. The molecule has 1 aliphatic rings. The van der Waals surface area contributed by atoms with E-state index in [1.807, 2.05) is 74.5 Å². The Morgan fingerprint density at radius 1 is 0.857 bits per heavy atom. The summed E-state index contributed by atoms with van der Waals surface area (Å²) in [7, 11) is -3.67. The summed E-state index contributed by atoms with van der Waals surface area (Å²) in [6.07, 6.45) is 0.203. The Balaban J connectivity index is 1.39. The zero-order valence-corrected chi connectivity index (χ0v) is 20.9. The number of benzene rings is 3. The molecule has 0 radical (unpaired) electrons. The fraction of sp³-hybridized carbons (Fsp3) is 0.333. The first-order chi connectivity index (χ1) is 16.8. The van der Waals surface area contributed by atoms with Gasteiger partial charge in [0, 0.05) is 26.2 Å². The van der Waals surface area contributed by atoms with Gasteiger partial charge in [-0.3, -0.25) is 9.59 Å². The molecule has 8 heteroatoms. The van der Waals surface area contributed by atoms with E-state index in [0.29, 0.717) is 0 Å². The van der Waals surface area contributed by atoms with Crippen LogP contribution in [0.3, 0.4) is 0 Å². The summed E-state index contributed by atoms with van der Waals surface area (Å²) in [5.41, 5.74) is 0.882. The second-order valence-corrected chi connectivity index (χ2v) is 11.1. The van der Waals surface area contributed by atoms with Gasteiger partial charge in [-0.05, 0) is 34.4 Å². The van der Waals surface area contributed by atoms with Crippen molar-refractivity contribution in [3.63, 3.8) is 0 Å². The van der Waals surface area contributed by atoms with Gasteiger partial charge in [-0.1, -0.05) is 74.5 Å². The molecule has 1 aliphatic heterocycles. The van der Waals surface area contributed by atoms with Crippen molar-refractivity contribution >= 4 is 32.6 Å². The summed E-state index contributed by atoms with van der Waals surface area (Å²) >= 11 is 0. The number of amides is 2. The Bertz CT molecular complexity index is 1300. The van der Waals surface area contributed by atoms with Crippen LogP contribution in [0.25, 0.3) is 10.8 Å². The van der Waals surface area contributed by atoms with Crippen molar-refractivity contribution in [1.29, 1.82) is 0 Å². The smallest absolute Gasteiger partial charge is 0.245 e. The van der Waals surface area contributed by atoms with Crippen LogP contribution in [0.4, 0.5) is 0 Å². The number of fused-ring (bicyclic) bond motifs is 1. The Labute approximate surface area is 206 Å². The Kier molecular flexibility index (Phi) is 7.52. The van der Waals surface area contributed by atoms with Gasteiger partial charge in [-0.25, -0.2) is 8.42 Å². The van der Waals surface area contributed by atoms with Crippen molar-refractivity contribution in [2.45, 2.75) is 31.2 Å². The van der Waals surface area contributed by atoms with Crippen LogP contribution in [0, 0.1) is 5.92 Å². The van der Waals surface area contributed by atoms with Gasteiger partial charge in [-0.2, -0.15) is 4.31 Å². The maximum absolute atomic E-state index is 13.2. The molecule has 1 heterocycles. The van der Waals surface area contributed by atoms with Gasteiger partial charge in [0.1, 0.15) is 6.04 Å². The number of rotatable bonds is 7. The Morgan fingerprint density at radius 3 is 2.14 bits per heavy atom. The van der Waals surface area contributed by atoms with Crippen LogP contribution in [0.2, 0.25) is 0 Å². The Hall–Kier alpha value is -3.23. The largest absolute Gasteiger partial charge is 0.344 e. The van der Waals surface area contributed by atoms with Gasteiger partial charge in [0.15, 0.2) is 0 Å². The number of piperazine rings is 1. The molecule has 2 amide bonds. The quantitative estimate of drug-likeness (QED) is 0.548. The van der Waals surface area contributed by atoms with Crippen LogP contribution in [0.5, 0.6) is 0 Å². The van der Waals surface area contributed by atoms with Crippen molar-refractivity contribution in [3.05, 3.63) is 78.4 Å². The second-order valence-electron chi connectivity index (χ2n) is 9.19. The molecule has 0 aromatic heterocycles. The molecule has 0 unspecified atom stereocenters. The maximum Gasteiger partial charge on any atom is 0.245 e. The van der Waals surface area contributed by atoms with Crippen molar-refractivity contribution < 1.29 is 18.0 Å². The molecule has 4 rings (SSSR count). The van der Waals surface area contributed by atoms with E-state index in [0.717, 1.165) is 16.3 Å². The molecule has 1 saturated heterocycles. The van der Waals surface area contributed by atoms with Crippen LogP contribution in [0.1, 0.15) is 19.4 Å². The third-order valence-corrected chi connectivity index (χ3v) is 8.26. The number of carbonyl (C=O) groups is 2. The second kappa shape index (κ2) is 10.6. The van der Waals surface area contributed by atoms with Gasteiger partial charge in [-0.15, -0.1) is 0 Å². The third kappa shape index (κ3) is 5.71. The van der Waals surface area contributed by atoms with Crippen LogP contribution in [-0.2, 0) is 26.0 Å². The van der Waals surface area contributed by atoms with E-state index >= 15 is 0 Å². The van der Waals surface area contributed by atoms with Gasteiger partial charge in [0.25, 0.3) is 0 Å². The minimum Gasteiger partial charge on any atom is -0.344 e. The van der Waals surface area contributed by atoms with Crippen molar-refractivity contribution in [1.82, 2.24) is 14.5 Å². The summed E-state index contributed by atoms with van der Waals surface area (Å²) in [4.78, 5) is 27.7. The molecule has 0 spiro atoms.